The van der Waals surface area contributed by atoms with Gasteiger partial charge in [-0.3, -0.25) is 9.59 Å². The van der Waals surface area contributed by atoms with E-state index in [1.807, 2.05) is 48.5 Å². The summed E-state index contributed by atoms with van der Waals surface area (Å²) in [6.45, 7) is 1.37. The van der Waals surface area contributed by atoms with E-state index in [0.29, 0.717) is 37.4 Å². The molecule has 2 aliphatic rings. The van der Waals surface area contributed by atoms with Crippen molar-refractivity contribution in [2.45, 2.75) is 18.9 Å². The van der Waals surface area contributed by atoms with Gasteiger partial charge >= 0.3 is 0 Å². The maximum absolute atomic E-state index is 12.7. The molecule has 0 spiro atoms. The fraction of sp³-hybridized carbons (Fsp3) is 0.333. The third-order valence-corrected chi connectivity index (χ3v) is 5.02. The molecule has 1 amide bonds. The summed E-state index contributed by atoms with van der Waals surface area (Å²) in [5, 5.41) is 0. The molecule has 4 rings (SSSR count). The number of carbonyl (C=O) groups excluding carboxylic acids is 2. The first-order chi connectivity index (χ1) is 12.7. The largest absolute Gasteiger partial charge is 0.485 e. The van der Waals surface area contributed by atoms with Gasteiger partial charge in [0.2, 0.25) is 6.10 Å². The third kappa shape index (κ3) is 3.29. The zero-order chi connectivity index (χ0) is 17.9. The lowest BCUT2D eigenvalue weighted by Crippen LogP contribution is -2.49. The van der Waals surface area contributed by atoms with Crippen molar-refractivity contribution in [3.05, 3.63) is 60.2 Å². The van der Waals surface area contributed by atoms with Crippen molar-refractivity contribution in [2.75, 3.05) is 19.7 Å². The molecule has 5 nitrogen and oxygen atoms in total. The van der Waals surface area contributed by atoms with Gasteiger partial charge in [-0.1, -0.05) is 42.5 Å². The molecule has 0 N–H and O–H groups in total. The molecular formula is C21H21NO4. The zero-order valence-corrected chi connectivity index (χ0v) is 14.5. The summed E-state index contributed by atoms with van der Waals surface area (Å²) in [5.41, 5.74) is 0.748. The van der Waals surface area contributed by atoms with E-state index in [1.54, 1.807) is 11.0 Å². The van der Waals surface area contributed by atoms with Crippen molar-refractivity contribution in [1.82, 2.24) is 4.90 Å². The Morgan fingerprint density at radius 3 is 2.27 bits per heavy atom. The number of Topliss-reactive ketones (excluding diaryl/α,β-unsaturated/α-hetero) is 1. The molecule has 0 radical (unpaired) electrons. The van der Waals surface area contributed by atoms with E-state index >= 15 is 0 Å². The number of piperidine rings is 1. The van der Waals surface area contributed by atoms with E-state index in [9.17, 15) is 9.59 Å². The molecule has 1 saturated heterocycles. The van der Waals surface area contributed by atoms with Crippen LogP contribution in [0.4, 0.5) is 0 Å². The van der Waals surface area contributed by atoms with Crippen molar-refractivity contribution in [1.29, 1.82) is 0 Å². The molecular weight excluding hydrogens is 330 g/mol. The van der Waals surface area contributed by atoms with Crippen LogP contribution in [0.25, 0.3) is 0 Å². The first-order valence-electron chi connectivity index (χ1n) is 8.99. The molecule has 0 aliphatic carbocycles. The SMILES string of the molecule is O=C(c1ccccc1)C1CCN(C(=O)C2COc3ccccc3O2)CC1. The smallest absolute Gasteiger partial charge is 0.267 e. The van der Waals surface area contributed by atoms with E-state index in [1.165, 1.54) is 0 Å². The van der Waals surface area contributed by atoms with Gasteiger partial charge in [0.1, 0.15) is 6.61 Å². The molecule has 1 atom stereocenters. The second-order valence-electron chi connectivity index (χ2n) is 6.69. The van der Waals surface area contributed by atoms with Crippen LogP contribution in [0.1, 0.15) is 23.2 Å². The predicted octanol–water partition coefficient (Wildman–Crippen LogP) is 2.95. The lowest BCUT2D eigenvalue weighted by molar-refractivity contribution is -0.142. The number of likely N-dealkylation sites (tertiary alicyclic amines) is 1. The Balaban J connectivity index is 1.35. The highest BCUT2D eigenvalue weighted by Crippen LogP contribution is 2.32. The highest BCUT2D eigenvalue weighted by Gasteiger charge is 2.34. The van der Waals surface area contributed by atoms with Crippen LogP contribution in [0.2, 0.25) is 0 Å². The van der Waals surface area contributed by atoms with Gasteiger partial charge in [0.25, 0.3) is 5.91 Å². The summed E-state index contributed by atoms with van der Waals surface area (Å²) in [6.07, 6.45) is 0.749. The quantitative estimate of drug-likeness (QED) is 0.798. The molecule has 0 saturated carbocycles. The first kappa shape index (κ1) is 16.6. The number of hydrogen-bond acceptors (Lipinski definition) is 4. The number of rotatable bonds is 3. The van der Waals surface area contributed by atoms with E-state index in [2.05, 4.69) is 0 Å². The molecule has 2 aliphatic heterocycles. The maximum Gasteiger partial charge on any atom is 0.267 e. The van der Waals surface area contributed by atoms with Crippen molar-refractivity contribution >= 4 is 11.7 Å². The number of para-hydroxylation sites is 2. The molecule has 134 valence electrons. The van der Waals surface area contributed by atoms with Crippen molar-refractivity contribution < 1.29 is 19.1 Å². The Hall–Kier alpha value is -2.82. The van der Waals surface area contributed by atoms with Gasteiger partial charge in [-0.2, -0.15) is 0 Å². The molecule has 2 aromatic rings. The van der Waals surface area contributed by atoms with Gasteiger partial charge in [-0.25, -0.2) is 0 Å². The lowest BCUT2D eigenvalue weighted by Gasteiger charge is -2.35. The van der Waals surface area contributed by atoms with Gasteiger partial charge in [0, 0.05) is 24.6 Å². The Kier molecular flexibility index (Phi) is 4.61. The Bertz CT molecular complexity index is 797. The number of hydrogen-bond donors (Lipinski definition) is 0. The summed E-state index contributed by atoms with van der Waals surface area (Å²) in [5.74, 6) is 1.36. The average Bonchev–Trinajstić information content (AvgIpc) is 2.73. The zero-order valence-electron chi connectivity index (χ0n) is 14.5. The van der Waals surface area contributed by atoms with Crippen LogP contribution in [0.5, 0.6) is 11.5 Å². The minimum Gasteiger partial charge on any atom is -0.485 e. The van der Waals surface area contributed by atoms with Crippen LogP contribution in [0.15, 0.2) is 54.6 Å². The fourth-order valence-corrected chi connectivity index (χ4v) is 3.55. The topological polar surface area (TPSA) is 55.8 Å². The number of ketones is 1. The number of fused-ring (bicyclic) bond motifs is 1. The number of benzene rings is 2. The van der Waals surface area contributed by atoms with Crippen molar-refractivity contribution in [3.8, 4) is 11.5 Å². The highest BCUT2D eigenvalue weighted by atomic mass is 16.6. The monoisotopic (exact) mass is 351 g/mol. The van der Waals surface area contributed by atoms with E-state index in [4.69, 9.17) is 9.47 Å². The molecule has 26 heavy (non-hydrogen) atoms. The first-order valence-corrected chi connectivity index (χ1v) is 8.99. The minimum absolute atomic E-state index is 0.0225. The van der Waals surface area contributed by atoms with Crippen LogP contribution in [0, 0.1) is 5.92 Å². The maximum atomic E-state index is 12.7. The van der Waals surface area contributed by atoms with Crippen LogP contribution in [0.3, 0.4) is 0 Å². The van der Waals surface area contributed by atoms with Crippen molar-refractivity contribution in [3.63, 3.8) is 0 Å². The van der Waals surface area contributed by atoms with Crippen LogP contribution < -0.4 is 9.47 Å². The minimum atomic E-state index is -0.619. The Morgan fingerprint density at radius 2 is 1.54 bits per heavy atom. The molecule has 5 heteroatoms. The van der Waals surface area contributed by atoms with Crippen molar-refractivity contribution in [2.24, 2.45) is 5.92 Å². The normalized spacial score (nSPS) is 19.8. The van der Waals surface area contributed by atoms with Gasteiger partial charge in [0.05, 0.1) is 0 Å². The van der Waals surface area contributed by atoms with Gasteiger partial charge in [-0.05, 0) is 25.0 Å². The summed E-state index contributed by atoms with van der Waals surface area (Å²) in [4.78, 5) is 27.1. The van der Waals surface area contributed by atoms with Crippen LogP contribution >= 0.6 is 0 Å². The lowest BCUT2D eigenvalue weighted by atomic mass is 9.89. The summed E-state index contributed by atoms with van der Waals surface area (Å²) in [6, 6.07) is 16.7. The van der Waals surface area contributed by atoms with E-state index in [0.717, 1.165) is 5.56 Å². The number of carbonyl (C=O) groups is 2. The number of ether oxygens (including phenoxy) is 2. The Labute approximate surface area is 152 Å². The van der Waals surface area contributed by atoms with Gasteiger partial charge in [0.15, 0.2) is 17.3 Å². The second-order valence-corrected chi connectivity index (χ2v) is 6.69. The van der Waals surface area contributed by atoms with Gasteiger partial charge < -0.3 is 14.4 Å². The summed E-state index contributed by atoms with van der Waals surface area (Å²) >= 11 is 0. The standard InChI is InChI=1S/C21H21NO4/c23-20(15-6-2-1-3-7-15)16-10-12-22(13-11-16)21(24)19-14-25-17-8-4-5-9-18(17)26-19/h1-9,16,19H,10-14H2. The molecule has 1 fully saturated rings. The second kappa shape index (κ2) is 7.20. The van der Waals surface area contributed by atoms with E-state index < -0.39 is 6.10 Å². The molecule has 2 heterocycles. The average molecular weight is 351 g/mol. The number of amides is 1. The molecule has 1 unspecified atom stereocenters. The summed E-state index contributed by atoms with van der Waals surface area (Å²) in [7, 11) is 0. The Morgan fingerprint density at radius 1 is 0.885 bits per heavy atom. The van der Waals surface area contributed by atoms with Crippen LogP contribution in [-0.2, 0) is 4.79 Å². The number of nitrogens with zero attached hydrogens (tertiary/aromatic N) is 1. The van der Waals surface area contributed by atoms with Gasteiger partial charge in [-0.15, -0.1) is 0 Å². The third-order valence-electron chi connectivity index (χ3n) is 5.02. The summed E-state index contributed by atoms with van der Waals surface area (Å²) < 4.78 is 11.4. The predicted molar refractivity (Wildman–Crippen MR) is 96.4 cm³/mol. The highest BCUT2D eigenvalue weighted by molar-refractivity contribution is 5.98. The van der Waals surface area contributed by atoms with E-state index in [-0.39, 0.29) is 24.2 Å². The fourth-order valence-electron chi connectivity index (χ4n) is 3.55. The van der Waals surface area contributed by atoms with Crippen LogP contribution in [-0.4, -0.2) is 42.4 Å². The molecule has 0 bridgehead atoms. The molecule has 0 aromatic heterocycles. The molecule has 2 aromatic carbocycles.